The van der Waals surface area contributed by atoms with E-state index < -0.39 is 33.0 Å². The van der Waals surface area contributed by atoms with Crippen LogP contribution in [0.1, 0.15) is 5.56 Å². The van der Waals surface area contributed by atoms with Crippen molar-refractivity contribution in [2.24, 2.45) is 5.92 Å². The van der Waals surface area contributed by atoms with Gasteiger partial charge in [-0.25, -0.2) is 18.2 Å². The summed E-state index contributed by atoms with van der Waals surface area (Å²) in [6.45, 7) is 0.511. The molecule has 0 bridgehead atoms. The van der Waals surface area contributed by atoms with Gasteiger partial charge >= 0.3 is 0 Å². The molecule has 0 saturated carbocycles. The van der Waals surface area contributed by atoms with Gasteiger partial charge in [0.15, 0.2) is 16.9 Å². The van der Waals surface area contributed by atoms with E-state index in [0.717, 1.165) is 17.7 Å². The molecule has 2 aromatic carbocycles. The minimum absolute atomic E-state index is 0.141. The third-order valence-corrected chi connectivity index (χ3v) is 6.25. The van der Waals surface area contributed by atoms with Crippen LogP contribution in [0.4, 0.5) is 10.1 Å². The molecule has 0 radical (unpaired) electrons. The topological polar surface area (TPSA) is 118 Å². The number of halogens is 1. The van der Waals surface area contributed by atoms with Crippen molar-refractivity contribution in [3.63, 3.8) is 0 Å². The highest BCUT2D eigenvalue weighted by Crippen LogP contribution is 2.32. The van der Waals surface area contributed by atoms with E-state index in [-0.39, 0.29) is 25.6 Å². The molecule has 1 amide bonds. The molecule has 29 heavy (non-hydrogen) atoms. The Labute approximate surface area is 166 Å². The van der Waals surface area contributed by atoms with E-state index in [2.05, 4.69) is 20.9 Å². The monoisotopic (exact) mass is 422 g/mol. The molecule has 1 saturated heterocycles. The molecule has 2 atom stereocenters. The van der Waals surface area contributed by atoms with Gasteiger partial charge in [-0.15, -0.1) is 0 Å². The summed E-state index contributed by atoms with van der Waals surface area (Å²) in [5.41, 5.74) is 6.33. The number of carbonyl (C=O) groups excluding carboxylic acids is 1. The maximum Gasteiger partial charge on any atom is 0.250 e. The first-order chi connectivity index (χ1) is 13.9. The number of hydrogen-bond donors (Lipinski definition) is 4. The van der Waals surface area contributed by atoms with Gasteiger partial charge in [-0.3, -0.25) is 14.9 Å². The van der Waals surface area contributed by atoms with E-state index in [1.807, 2.05) is 0 Å². The van der Waals surface area contributed by atoms with Gasteiger partial charge in [0, 0.05) is 18.8 Å². The van der Waals surface area contributed by atoms with Crippen LogP contribution in [0.25, 0.3) is 0 Å². The first-order valence-electron chi connectivity index (χ1n) is 8.84. The van der Waals surface area contributed by atoms with Crippen LogP contribution in [-0.2, 0) is 21.4 Å². The molecule has 0 aromatic heterocycles. The maximum atomic E-state index is 13.0. The van der Waals surface area contributed by atoms with Gasteiger partial charge in [0.05, 0.1) is 5.92 Å². The van der Waals surface area contributed by atoms with Crippen LogP contribution in [0.3, 0.4) is 0 Å². The average molecular weight is 422 g/mol. The summed E-state index contributed by atoms with van der Waals surface area (Å²) in [5.74, 6) is -0.516. The molecule has 2 aromatic rings. The van der Waals surface area contributed by atoms with Gasteiger partial charge in [0.25, 0.3) is 10.0 Å². The molecule has 2 aliphatic rings. The predicted octanol–water partition coefficient (Wildman–Crippen LogP) is 0.663. The number of anilines is 1. The summed E-state index contributed by atoms with van der Waals surface area (Å²) >= 11 is 0. The largest absolute Gasteiger partial charge is 0.454 e. The number of fused-ring (bicyclic) bond motifs is 1. The molecule has 9 nitrogen and oxygen atoms in total. The number of sulfonamides is 1. The second kappa shape index (κ2) is 7.85. The SMILES string of the molecule is O=C(NCc1ccc2c(c1)OCO2)C1CNNC1S(=O)(=O)Nc1ccc(F)cc1. The minimum atomic E-state index is -3.95. The fourth-order valence-corrected chi connectivity index (χ4v) is 4.60. The second-order valence-corrected chi connectivity index (χ2v) is 8.41. The first kappa shape index (κ1) is 19.4. The standard InChI is InChI=1S/C18H19FN4O5S/c19-12-2-4-13(5-3-12)23-29(25,26)18-14(9-21-22-18)17(24)20-8-11-1-6-15-16(7-11)28-10-27-15/h1-7,14,18,21-23H,8-10H2,(H,20,24). The van der Waals surface area contributed by atoms with Crippen molar-refractivity contribution in [2.45, 2.75) is 11.9 Å². The fourth-order valence-electron chi connectivity index (χ4n) is 3.12. The summed E-state index contributed by atoms with van der Waals surface area (Å²) < 4.78 is 51.3. The highest BCUT2D eigenvalue weighted by Gasteiger charge is 2.41. The molecule has 4 rings (SSSR count). The maximum absolute atomic E-state index is 13.0. The van der Waals surface area contributed by atoms with E-state index in [1.165, 1.54) is 12.1 Å². The number of benzene rings is 2. The molecule has 0 aliphatic carbocycles. The third kappa shape index (κ3) is 4.26. The number of rotatable bonds is 6. The van der Waals surface area contributed by atoms with Crippen molar-refractivity contribution in [1.29, 1.82) is 0 Å². The lowest BCUT2D eigenvalue weighted by molar-refractivity contribution is -0.124. The smallest absolute Gasteiger partial charge is 0.250 e. The zero-order chi connectivity index (χ0) is 20.4. The average Bonchev–Trinajstić information content (AvgIpc) is 3.37. The fraction of sp³-hybridized carbons (Fsp3) is 0.278. The van der Waals surface area contributed by atoms with Gasteiger partial charge < -0.3 is 14.8 Å². The van der Waals surface area contributed by atoms with Gasteiger partial charge in [-0.05, 0) is 42.0 Å². The van der Waals surface area contributed by atoms with Gasteiger partial charge in [-0.2, -0.15) is 0 Å². The van der Waals surface area contributed by atoms with Crippen LogP contribution in [0.15, 0.2) is 42.5 Å². The highest BCUT2D eigenvalue weighted by atomic mass is 32.2. The molecule has 0 spiro atoms. The van der Waals surface area contributed by atoms with Crippen LogP contribution in [0.5, 0.6) is 11.5 Å². The Hall–Kier alpha value is -2.89. The molecule has 4 N–H and O–H groups in total. The summed E-state index contributed by atoms with van der Waals surface area (Å²) in [5, 5.41) is 1.56. The number of hydrogen-bond acceptors (Lipinski definition) is 7. The molecule has 2 aliphatic heterocycles. The molecule has 2 unspecified atom stereocenters. The summed E-state index contributed by atoms with van der Waals surface area (Å²) in [6.07, 6.45) is 0. The number of hydrazine groups is 1. The number of ether oxygens (including phenoxy) is 2. The Morgan fingerprint density at radius 2 is 1.90 bits per heavy atom. The molecular formula is C18H19FN4O5S. The van der Waals surface area contributed by atoms with Crippen LogP contribution >= 0.6 is 0 Å². The summed E-state index contributed by atoms with van der Waals surface area (Å²) in [7, 11) is -3.95. The first-order valence-corrected chi connectivity index (χ1v) is 10.4. The lowest BCUT2D eigenvalue weighted by Gasteiger charge is -2.19. The van der Waals surface area contributed by atoms with Crippen molar-refractivity contribution < 1.29 is 27.1 Å². The normalized spacial score (nSPS) is 20.4. The second-order valence-electron chi connectivity index (χ2n) is 6.61. The van der Waals surface area contributed by atoms with Crippen LogP contribution < -0.4 is 30.4 Å². The number of nitrogens with one attached hydrogen (secondary N) is 4. The zero-order valence-electron chi connectivity index (χ0n) is 15.1. The van der Waals surface area contributed by atoms with Crippen molar-refractivity contribution >= 4 is 21.6 Å². The van der Waals surface area contributed by atoms with E-state index in [9.17, 15) is 17.6 Å². The van der Waals surface area contributed by atoms with Crippen LogP contribution in [0, 0.1) is 11.7 Å². The summed E-state index contributed by atoms with van der Waals surface area (Å²) in [4.78, 5) is 12.6. The van der Waals surface area contributed by atoms with Crippen LogP contribution in [0.2, 0.25) is 0 Å². The van der Waals surface area contributed by atoms with Crippen molar-refractivity contribution in [2.75, 3.05) is 18.1 Å². The minimum Gasteiger partial charge on any atom is -0.454 e. The Balaban J connectivity index is 1.40. The lowest BCUT2D eigenvalue weighted by atomic mass is 10.1. The van der Waals surface area contributed by atoms with Crippen LogP contribution in [-0.4, -0.2) is 33.0 Å². The van der Waals surface area contributed by atoms with Gasteiger partial charge in [0.2, 0.25) is 12.7 Å². The number of carbonyl (C=O) groups is 1. The van der Waals surface area contributed by atoms with Crippen molar-refractivity contribution in [3.05, 3.63) is 53.8 Å². The van der Waals surface area contributed by atoms with E-state index >= 15 is 0 Å². The Morgan fingerprint density at radius 1 is 1.14 bits per heavy atom. The molecule has 1 fully saturated rings. The molecular weight excluding hydrogens is 403 g/mol. The molecule has 11 heteroatoms. The molecule has 154 valence electrons. The molecule has 2 heterocycles. The van der Waals surface area contributed by atoms with Crippen molar-refractivity contribution in [1.82, 2.24) is 16.2 Å². The van der Waals surface area contributed by atoms with E-state index in [4.69, 9.17) is 9.47 Å². The van der Waals surface area contributed by atoms with Gasteiger partial charge in [-0.1, -0.05) is 6.07 Å². The van der Waals surface area contributed by atoms with Crippen molar-refractivity contribution in [3.8, 4) is 11.5 Å². The third-order valence-electron chi connectivity index (χ3n) is 4.61. The lowest BCUT2D eigenvalue weighted by Crippen LogP contribution is -2.46. The predicted molar refractivity (Wildman–Crippen MR) is 102 cm³/mol. The van der Waals surface area contributed by atoms with Gasteiger partial charge in [0.1, 0.15) is 5.82 Å². The highest BCUT2D eigenvalue weighted by molar-refractivity contribution is 7.93. The zero-order valence-corrected chi connectivity index (χ0v) is 16.0. The Bertz CT molecular complexity index is 1020. The summed E-state index contributed by atoms with van der Waals surface area (Å²) in [6, 6.07) is 10.2. The number of amides is 1. The quantitative estimate of drug-likeness (QED) is 0.540. The Morgan fingerprint density at radius 3 is 2.69 bits per heavy atom. The Kier molecular flexibility index (Phi) is 5.26. The van der Waals surface area contributed by atoms with E-state index in [0.29, 0.717) is 11.5 Å². The van der Waals surface area contributed by atoms with E-state index in [1.54, 1.807) is 18.2 Å².